The van der Waals surface area contributed by atoms with Crippen molar-refractivity contribution in [3.8, 4) is 45.6 Å². The highest BCUT2D eigenvalue weighted by molar-refractivity contribution is 6.17. The number of carbonyl (C=O) groups is 2. The summed E-state index contributed by atoms with van der Waals surface area (Å²) in [6.07, 6.45) is 18.6. The van der Waals surface area contributed by atoms with Crippen LogP contribution in [0.2, 0.25) is 0 Å². The number of aliphatic hydroxyl groups excluding tert-OH is 4. The normalized spacial score (nSPS) is 32.5. The van der Waals surface area contributed by atoms with E-state index in [0.29, 0.717) is 115 Å². The lowest BCUT2D eigenvalue weighted by Crippen LogP contribution is -2.65. The smallest absolute Gasteiger partial charge is 0.258 e. The molecule has 4 heterocycles. The molecule has 4 aliphatic heterocycles. The number of ether oxygens (including phenoxy) is 5. The maximum absolute atomic E-state index is 14.5. The second-order valence-electron chi connectivity index (χ2n) is 30.2. The van der Waals surface area contributed by atoms with Crippen molar-refractivity contribution in [3.05, 3.63) is 105 Å². The lowest BCUT2D eigenvalue weighted by Gasteiger charge is -2.60. The van der Waals surface area contributed by atoms with Gasteiger partial charge in [0.25, 0.3) is 11.8 Å². The van der Waals surface area contributed by atoms with Crippen LogP contribution in [0, 0.1) is 41.4 Å². The molecule has 0 spiro atoms. The highest BCUT2D eigenvalue weighted by Gasteiger charge is 2.61. The number of aromatic hydroxyl groups is 1. The van der Waals surface area contributed by atoms with Crippen molar-refractivity contribution in [2.45, 2.75) is 195 Å². The molecule has 18 heteroatoms. The van der Waals surface area contributed by atoms with Gasteiger partial charge in [0.15, 0.2) is 23.5 Å². The van der Waals surface area contributed by atoms with Crippen LogP contribution in [-0.4, -0.2) is 137 Å². The van der Waals surface area contributed by atoms with Crippen molar-refractivity contribution in [3.63, 3.8) is 0 Å². The number of piperidine rings is 1. The van der Waals surface area contributed by atoms with Gasteiger partial charge in [0, 0.05) is 100 Å². The summed E-state index contributed by atoms with van der Waals surface area (Å²) >= 11 is 0. The number of imide groups is 1. The summed E-state index contributed by atoms with van der Waals surface area (Å²) in [6, 6.07) is 16.0. The van der Waals surface area contributed by atoms with Crippen molar-refractivity contribution in [1.82, 2.24) is 20.9 Å². The highest BCUT2D eigenvalue weighted by atomic mass is 16.5. The predicted molar refractivity (Wildman–Crippen MR) is 363 cm³/mol. The fourth-order valence-corrected chi connectivity index (χ4v) is 20.6. The molecule has 0 aromatic heterocycles. The van der Waals surface area contributed by atoms with E-state index in [4.69, 9.17) is 23.7 Å². The van der Waals surface area contributed by atoms with Gasteiger partial charge in [-0.15, -0.1) is 0 Å². The fraction of sp³-hybridized carbons (Fsp3) is 0.610. The van der Waals surface area contributed by atoms with Gasteiger partial charge in [-0.3, -0.25) is 19.8 Å². The van der Waals surface area contributed by atoms with Crippen LogP contribution in [0.5, 0.6) is 34.5 Å². The van der Waals surface area contributed by atoms with E-state index in [9.17, 15) is 40.2 Å². The van der Waals surface area contributed by atoms with Crippen molar-refractivity contribution in [2.24, 2.45) is 41.4 Å². The molecule has 1 saturated heterocycles. The molecule has 6 aliphatic carbocycles. The number of aliphatic hydroxyl groups is 5. The monoisotopic (exact) mass is 1300 g/mol. The van der Waals surface area contributed by atoms with Gasteiger partial charge in [0.05, 0.1) is 55.8 Å². The third-order valence-electron chi connectivity index (χ3n) is 25.2. The minimum atomic E-state index is -1.15. The van der Waals surface area contributed by atoms with Crippen molar-refractivity contribution in [2.75, 3.05) is 66.0 Å². The second kappa shape index (κ2) is 26.2. The number of anilines is 1. The number of hydrogen-bond donors (Lipinski definition) is 10. The Morgan fingerprint density at radius 1 is 0.821 bits per heavy atom. The quantitative estimate of drug-likeness (QED) is 0.0292. The minimum Gasteiger partial charge on any atom is -0.502 e. The first-order valence-corrected chi connectivity index (χ1v) is 35.9. The minimum absolute atomic E-state index is 0.00893. The molecule has 5 fully saturated rings. The molecule has 0 radical (unpaired) electrons. The van der Waals surface area contributed by atoms with Gasteiger partial charge in [-0.2, -0.15) is 0 Å². The summed E-state index contributed by atoms with van der Waals surface area (Å²) in [5, 5.41) is 85.5. The van der Waals surface area contributed by atoms with E-state index >= 15 is 0 Å². The molecule has 15 atom stereocenters. The number of nitrogens with one attached hydrogen (secondary N) is 4. The van der Waals surface area contributed by atoms with Gasteiger partial charge in [-0.1, -0.05) is 69.0 Å². The molecule has 0 bridgehead atoms. The highest BCUT2D eigenvalue weighted by Crippen LogP contribution is 2.63. The Balaban J connectivity index is 0.784. The number of phenolic OH excluding ortho intramolecular Hbond substituents is 1. The van der Waals surface area contributed by atoms with Gasteiger partial charge in [0.2, 0.25) is 5.75 Å². The largest absolute Gasteiger partial charge is 0.502 e. The number of nitrogens with zero attached hydrogens (tertiary/aromatic N) is 1. The maximum Gasteiger partial charge on any atom is 0.258 e. The van der Waals surface area contributed by atoms with Gasteiger partial charge in [-0.05, 0) is 182 Å². The first kappa shape index (κ1) is 66.0. The van der Waals surface area contributed by atoms with Gasteiger partial charge in [0.1, 0.15) is 23.9 Å². The molecule has 4 saturated carbocycles. The van der Waals surface area contributed by atoms with Gasteiger partial charge < -0.3 is 70.3 Å². The van der Waals surface area contributed by atoms with E-state index in [2.05, 4.69) is 59.4 Å². The Kier molecular flexibility index (Phi) is 18.2. The number of likely N-dealkylation sites (N-methyl/N-ethyl adjacent to an activating group) is 2. The average molecular weight is 1300 g/mol. The van der Waals surface area contributed by atoms with Gasteiger partial charge in [-0.25, -0.2) is 0 Å². The summed E-state index contributed by atoms with van der Waals surface area (Å²) < 4.78 is 34.0. The van der Waals surface area contributed by atoms with Crippen LogP contribution in [-0.2, 0) is 27.8 Å². The molecule has 10 aliphatic rings. The topological polar surface area (TPSA) is 253 Å². The van der Waals surface area contributed by atoms with E-state index in [-0.39, 0.29) is 78.6 Å². The first-order valence-electron chi connectivity index (χ1n) is 35.9. The lowest BCUT2D eigenvalue weighted by atomic mass is 9.47. The number of benzene rings is 4. The van der Waals surface area contributed by atoms with E-state index in [1.807, 2.05) is 31.3 Å². The number of rotatable bonds is 20. The fourth-order valence-electron chi connectivity index (χ4n) is 20.6. The summed E-state index contributed by atoms with van der Waals surface area (Å²) in [5.41, 5.74) is 5.64. The maximum atomic E-state index is 14.5. The van der Waals surface area contributed by atoms with E-state index in [0.717, 1.165) is 117 Å². The Hall–Kier alpha value is -6.22. The summed E-state index contributed by atoms with van der Waals surface area (Å²) in [5.74, 6) is 1.19. The van der Waals surface area contributed by atoms with Crippen LogP contribution in [0.3, 0.4) is 0 Å². The third kappa shape index (κ3) is 11.1. The number of carbonyl (C=O) groups excluding carboxylic acids is 2. The van der Waals surface area contributed by atoms with Crippen LogP contribution < -0.4 is 45.0 Å². The molecule has 95 heavy (non-hydrogen) atoms. The van der Waals surface area contributed by atoms with Crippen LogP contribution in [0.4, 0.5) is 5.69 Å². The van der Waals surface area contributed by atoms with E-state index < -0.39 is 52.6 Å². The van der Waals surface area contributed by atoms with Crippen LogP contribution in [0.25, 0.3) is 17.2 Å². The van der Waals surface area contributed by atoms with Crippen molar-refractivity contribution < 1.29 is 63.9 Å². The molecule has 10 N–H and O–H groups in total. The second-order valence-corrected chi connectivity index (χ2v) is 30.2. The third-order valence-corrected chi connectivity index (χ3v) is 25.2. The number of methoxy groups -OCH3 is 1. The van der Waals surface area contributed by atoms with Crippen LogP contribution >= 0.6 is 0 Å². The van der Waals surface area contributed by atoms with Crippen LogP contribution in [0.1, 0.15) is 187 Å². The molecule has 512 valence electrons. The Morgan fingerprint density at radius 3 is 2.38 bits per heavy atom. The SMILES string of the molecule is CNCCOc1cc(O[C@@]23CCC[C@@H](C[C@@H]4CC[C@@](O)([C@H](C)O)C[C@H]4C)[C@@H]2CC[C@H](C)N3)c2c3c1CCc1c-3c(cc3c1[C@@H](O)[C@H](c1cc(OC)c(O)c(OC[C@H](CO)[C@]45CCC[C@H](C6(N7C(=O)C=C(CNC)C7=O)CCCCC6)[C@H]4C=Cc4ccccc45)c1)CO3)N[C@@H]2O. The molecule has 14 rings (SSSR count). The molecule has 2 amide bonds. The Morgan fingerprint density at radius 2 is 1.61 bits per heavy atom. The summed E-state index contributed by atoms with van der Waals surface area (Å²) in [4.78, 5) is 30.3. The first-order chi connectivity index (χ1) is 45.9. The molecule has 4 aromatic rings. The van der Waals surface area contributed by atoms with Gasteiger partial charge >= 0.3 is 0 Å². The lowest BCUT2D eigenvalue weighted by molar-refractivity contribution is -0.153. The predicted octanol–water partition coefficient (Wildman–Crippen LogP) is 10.2. The zero-order valence-corrected chi connectivity index (χ0v) is 56.4. The number of allylic oxidation sites excluding steroid dienone is 1. The molecule has 18 nitrogen and oxygen atoms in total. The van der Waals surface area contributed by atoms with Crippen molar-refractivity contribution in [1.29, 1.82) is 0 Å². The summed E-state index contributed by atoms with van der Waals surface area (Å²) in [6.45, 7) is 7.36. The zero-order chi connectivity index (χ0) is 66.3. The molecule has 4 aromatic carbocycles. The number of phenols is 1. The molecular formula is C77H101N5O13. The van der Waals surface area contributed by atoms with E-state index in [1.54, 1.807) is 31.0 Å². The Bertz CT molecular complexity index is 3640. The van der Waals surface area contributed by atoms with E-state index in [1.165, 1.54) is 13.2 Å². The zero-order valence-electron chi connectivity index (χ0n) is 56.4. The Labute approximate surface area is 559 Å². The summed E-state index contributed by atoms with van der Waals surface area (Å²) in [7, 11) is 5.18. The van der Waals surface area contributed by atoms with Crippen molar-refractivity contribution >= 4 is 23.6 Å². The molecule has 0 unspecified atom stereocenters. The number of hydrogen-bond acceptors (Lipinski definition) is 17. The molecular weight excluding hydrogens is 1200 g/mol. The standard InChI is InChI=1S/C77H101N5O13/c1-43-38-75(90,45(3)84)29-24-47(43)32-48-15-12-28-77(56(48)22-18-44(2)81-77)95-62-37-60(92-31-30-78-4)52-20-21-53-66-59(80-72(88)69(62)68(52)66)36-61-67(53)70(86)54(42-94-61)49-33-63(91-6)71(87)64(34-49)93-41-51(40-83)76-27-13-17-57(58(76)23-19-46-14-8-9-16-55(46)76)74(25-10-7-11-26-74)82-65(85)35-50(39-79-5)73(82)89/h8-9,14,16,19,23,33-37,43-45,47-48,51,54,56-58,70,72,78-81,83-84,86-88,90H,7,10-13,15,17-18,20-22,24-32,38-42H2,1-6H3/t43-,44+,45+,47+,48+,51+,54+,56+,57+,58-,70+,72-,75+,76+,77+/m1/s1. The van der Waals surface area contributed by atoms with Crippen LogP contribution in [0.15, 0.2) is 66.3 Å². The average Bonchev–Trinajstić information content (AvgIpc) is 0.966. The number of fused-ring (bicyclic) bond motifs is 6. The number of amides is 2.